The molecule has 1 aromatic rings. The van der Waals surface area contributed by atoms with Crippen LogP contribution in [0.5, 0.6) is 0 Å². The third-order valence-corrected chi connectivity index (χ3v) is 3.64. The van der Waals surface area contributed by atoms with Crippen LogP contribution in [0, 0.1) is 0 Å². The molecule has 1 aliphatic heterocycles. The fourth-order valence-electron chi connectivity index (χ4n) is 1.82. The van der Waals surface area contributed by atoms with Crippen LogP contribution in [-0.4, -0.2) is 39.8 Å². The second-order valence-corrected chi connectivity index (χ2v) is 5.21. The SMILES string of the molecule is CCCc1nsc(NCC2(O)CCOCC2)n1. The van der Waals surface area contributed by atoms with Crippen LogP contribution in [0.15, 0.2) is 0 Å². The average Bonchev–Trinajstić information content (AvgIpc) is 2.76. The summed E-state index contributed by atoms with van der Waals surface area (Å²) >= 11 is 1.36. The van der Waals surface area contributed by atoms with Gasteiger partial charge in [-0.05, 0) is 6.42 Å². The van der Waals surface area contributed by atoms with E-state index in [0.29, 0.717) is 32.6 Å². The summed E-state index contributed by atoms with van der Waals surface area (Å²) in [6, 6.07) is 0. The highest BCUT2D eigenvalue weighted by atomic mass is 32.1. The van der Waals surface area contributed by atoms with E-state index in [4.69, 9.17) is 4.74 Å². The van der Waals surface area contributed by atoms with Crippen LogP contribution in [0.2, 0.25) is 0 Å². The van der Waals surface area contributed by atoms with Crippen molar-refractivity contribution in [2.24, 2.45) is 0 Å². The van der Waals surface area contributed by atoms with Gasteiger partial charge in [0.1, 0.15) is 5.82 Å². The van der Waals surface area contributed by atoms with Gasteiger partial charge in [0.15, 0.2) is 0 Å². The summed E-state index contributed by atoms with van der Waals surface area (Å²) in [6.07, 6.45) is 3.33. The lowest BCUT2D eigenvalue weighted by molar-refractivity contribution is -0.0543. The Labute approximate surface area is 105 Å². The summed E-state index contributed by atoms with van der Waals surface area (Å²) in [5.41, 5.74) is -0.658. The van der Waals surface area contributed by atoms with Crippen molar-refractivity contribution in [3.63, 3.8) is 0 Å². The Kier molecular flexibility index (Phi) is 4.31. The van der Waals surface area contributed by atoms with Crippen molar-refractivity contribution in [1.82, 2.24) is 9.36 Å². The van der Waals surface area contributed by atoms with E-state index < -0.39 is 5.60 Å². The van der Waals surface area contributed by atoms with E-state index in [9.17, 15) is 5.11 Å². The fraction of sp³-hybridized carbons (Fsp3) is 0.818. The predicted molar refractivity (Wildman–Crippen MR) is 67.4 cm³/mol. The first kappa shape index (κ1) is 12.7. The number of hydrogen-bond acceptors (Lipinski definition) is 6. The molecule has 0 aromatic carbocycles. The molecular formula is C11H19N3O2S. The van der Waals surface area contributed by atoms with E-state index >= 15 is 0 Å². The van der Waals surface area contributed by atoms with Gasteiger partial charge in [0.05, 0.1) is 5.60 Å². The number of aliphatic hydroxyl groups is 1. The van der Waals surface area contributed by atoms with Gasteiger partial charge in [-0.1, -0.05) is 6.92 Å². The molecule has 5 nitrogen and oxygen atoms in total. The Bertz CT molecular complexity index is 350. The van der Waals surface area contributed by atoms with Crippen LogP contribution in [0.4, 0.5) is 5.13 Å². The van der Waals surface area contributed by atoms with Gasteiger partial charge in [0.2, 0.25) is 5.13 Å². The van der Waals surface area contributed by atoms with Gasteiger partial charge in [-0.3, -0.25) is 0 Å². The third-order valence-electron chi connectivity index (χ3n) is 2.93. The van der Waals surface area contributed by atoms with Crippen molar-refractivity contribution >= 4 is 16.7 Å². The minimum Gasteiger partial charge on any atom is -0.388 e. The smallest absolute Gasteiger partial charge is 0.202 e. The summed E-state index contributed by atoms with van der Waals surface area (Å²) < 4.78 is 9.49. The maximum absolute atomic E-state index is 10.3. The van der Waals surface area contributed by atoms with Crippen LogP contribution in [-0.2, 0) is 11.2 Å². The predicted octanol–water partition coefficient (Wildman–Crippen LogP) is 1.44. The lowest BCUT2D eigenvalue weighted by Crippen LogP contribution is -2.42. The van der Waals surface area contributed by atoms with Crippen LogP contribution >= 0.6 is 11.5 Å². The van der Waals surface area contributed by atoms with Crippen molar-refractivity contribution in [1.29, 1.82) is 0 Å². The van der Waals surface area contributed by atoms with Gasteiger partial charge >= 0.3 is 0 Å². The summed E-state index contributed by atoms with van der Waals surface area (Å²) in [6.45, 7) is 3.90. The lowest BCUT2D eigenvalue weighted by Gasteiger charge is -2.31. The molecule has 17 heavy (non-hydrogen) atoms. The Morgan fingerprint density at radius 3 is 2.94 bits per heavy atom. The van der Waals surface area contributed by atoms with Crippen LogP contribution in [0.25, 0.3) is 0 Å². The van der Waals surface area contributed by atoms with E-state index in [1.54, 1.807) is 0 Å². The highest BCUT2D eigenvalue weighted by Gasteiger charge is 2.29. The zero-order valence-corrected chi connectivity index (χ0v) is 10.9. The molecule has 0 aliphatic carbocycles. The van der Waals surface area contributed by atoms with Crippen molar-refractivity contribution < 1.29 is 9.84 Å². The minimum atomic E-state index is -0.658. The number of anilines is 1. The van der Waals surface area contributed by atoms with Gasteiger partial charge in [0, 0.05) is 50.6 Å². The highest BCUT2D eigenvalue weighted by Crippen LogP contribution is 2.21. The van der Waals surface area contributed by atoms with E-state index in [1.807, 2.05) is 0 Å². The van der Waals surface area contributed by atoms with E-state index in [2.05, 4.69) is 21.6 Å². The molecule has 0 saturated carbocycles. The molecule has 0 unspecified atom stereocenters. The third kappa shape index (κ3) is 3.62. The Hall–Kier alpha value is -0.720. The molecular weight excluding hydrogens is 238 g/mol. The molecule has 6 heteroatoms. The molecule has 1 fully saturated rings. The quantitative estimate of drug-likeness (QED) is 0.835. The van der Waals surface area contributed by atoms with Gasteiger partial charge in [-0.2, -0.15) is 4.37 Å². The molecule has 0 amide bonds. The van der Waals surface area contributed by atoms with E-state index in [-0.39, 0.29) is 0 Å². The Morgan fingerprint density at radius 2 is 2.24 bits per heavy atom. The molecule has 1 aliphatic rings. The van der Waals surface area contributed by atoms with Crippen molar-refractivity contribution in [2.75, 3.05) is 25.1 Å². The van der Waals surface area contributed by atoms with E-state index in [1.165, 1.54) is 11.5 Å². The van der Waals surface area contributed by atoms with Crippen LogP contribution < -0.4 is 5.32 Å². The second-order valence-electron chi connectivity index (χ2n) is 4.46. The number of nitrogens with one attached hydrogen (secondary N) is 1. The Morgan fingerprint density at radius 1 is 1.47 bits per heavy atom. The number of ether oxygens (including phenoxy) is 1. The zero-order valence-electron chi connectivity index (χ0n) is 10.1. The summed E-state index contributed by atoms with van der Waals surface area (Å²) in [4.78, 5) is 4.37. The molecule has 1 saturated heterocycles. The number of aryl methyl sites for hydroxylation is 1. The molecule has 2 N–H and O–H groups in total. The number of hydrogen-bond donors (Lipinski definition) is 2. The zero-order chi connectivity index (χ0) is 12.1. The van der Waals surface area contributed by atoms with E-state index in [0.717, 1.165) is 23.8 Å². The monoisotopic (exact) mass is 257 g/mol. The van der Waals surface area contributed by atoms with Gasteiger partial charge in [0.25, 0.3) is 0 Å². The average molecular weight is 257 g/mol. The van der Waals surface area contributed by atoms with Gasteiger partial charge < -0.3 is 15.2 Å². The maximum Gasteiger partial charge on any atom is 0.202 e. The molecule has 0 bridgehead atoms. The molecule has 1 aromatic heterocycles. The normalized spacial score (nSPS) is 19.2. The lowest BCUT2D eigenvalue weighted by atomic mass is 9.95. The first-order chi connectivity index (χ1) is 8.22. The highest BCUT2D eigenvalue weighted by molar-refractivity contribution is 7.09. The number of aromatic nitrogens is 2. The Balaban J connectivity index is 1.83. The van der Waals surface area contributed by atoms with Crippen molar-refractivity contribution in [3.8, 4) is 0 Å². The summed E-state index contributed by atoms with van der Waals surface area (Å²) in [5, 5.41) is 14.2. The number of rotatable bonds is 5. The molecule has 0 spiro atoms. The van der Waals surface area contributed by atoms with Crippen LogP contribution in [0.3, 0.4) is 0 Å². The first-order valence-corrected chi connectivity index (χ1v) is 6.86. The summed E-state index contributed by atoms with van der Waals surface area (Å²) in [7, 11) is 0. The van der Waals surface area contributed by atoms with Crippen molar-refractivity contribution in [3.05, 3.63) is 5.82 Å². The maximum atomic E-state index is 10.3. The molecule has 0 radical (unpaired) electrons. The largest absolute Gasteiger partial charge is 0.388 e. The standard InChI is InChI=1S/C11H19N3O2S/c1-2-3-9-13-10(17-14-9)12-8-11(15)4-6-16-7-5-11/h15H,2-8H2,1H3,(H,12,13,14). The van der Waals surface area contributed by atoms with Gasteiger partial charge in [-0.25, -0.2) is 4.98 Å². The fourth-order valence-corrected chi connectivity index (χ4v) is 2.43. The molecule has 0 atom stereocenters. The topological polar surface area (TPSA) is 67.3 Å². The van der Waals surface area contributed by atoms with Crippen LogP contribution in [0.1, 0.15) is 32.0 Å². The van der Waals surface area contributed by atoms with Crippen molar-refractivity contribution in [2.45, 2.75) is 38.2 Å². The molecule has 2 heterocycles. The second kappa shape index (κ2) is 5.75. The minimum absolute atomic E-state index is 0.525. The molecule has 2 rings (SSSR count). The molecule has 96 valence electrons. The summed E-state index contributed by atoms with van der Waals surface area (Å²) in [5.74, 6) is 0.888. The number of nitrogens with zero attached hydrogens (tertiary/aromatic N) is 2. The van der Waals surface area contributed by atoms with Gasteiger partial charge in [-0.15, -0.1) is 0 Å². The first-order valence-electron chi connectivity index (χ1n) is 6.08.